The average Bonchev–Trinajstić information content (AvgIpc) is 2.62. The summed E-state index contributed by atoms with van der Waals surface area (Å²) in [4.78, 5) is 17.1. The first-order valence-corrected chi connectivity index (χ1v) is 7.92. The fraction of sp³-hybridized carbons (Fsp3) is 0.222. The predicted molar refractivity (Wildman–Crippen MR) is 94.3 cm³/mol. The second-order valence-electron chi connectivity index (χ2n) is 5.19. The minimum Gasteiger partial charge on any atom is -0.487 e. The largest absolute Gasteiger partial charge is 0.487 e. The number of rotatable bonds is 7. The molecule has 1 atom stereocenters. The molecular weight excluding hydrogens is 347 g/mol. The van der Waals surface area contributed by atoms with E-state index in [1.807, 2.05) is 37.3 Å². The van der Waals surface area contributed by atoms with E-state index in [4.69, 9.17) is 21.2 Å². The molecule has 0 saturated heterocycles. The lowest BCUT2D eigenvalue weighted by molar-refractivity contribution is -0.115. The van der Waals surface area contributed by atoms with Crippen molar-refractivity contribution in [2.75, 3.05) is 13.7 Å². The highest BCUT2D eigenvalue weighted by Gasteiger charge is 2.17. The number of amides is 1. The molecule has 5 nitrogen and oxygen atoms in total. The van der Waals surface area contributed by atoms with Crippen LogP contribution in [0.3, 0.4) is 0 Å². The first kappa shape index (κ1) is 18.7. The second-order valence-corrected chi connectivity index (χ2v) is 5.60. The molecular formula is C18H18ClFN2O3. The number of oxime groups is 1. The highest BCUT2D eigenvalue weighted by atomic mass is 35.5. The number of carbonyl (C=O) groups is 1. The van der Waals surface area contributed by atoms with E-state index in [2.05, 4.69) is 10.5 Å². The number of hydrogen-bond acceptors (Lipinski definition) is 4. The number of benzene rings is 2. The summed E-state index contributed by atoms with van der Waals surface area (Å²) in [6, 6.07) is 13.2. The molecule has 0 bridgehead atoms. The summed E-state index contributed by atoms with van der Waals surface area (Å²) in [5, 5.41) is 6.46. The Balaban J connectivity index is 2.00. The summed E-state index contributed by atoms with van der Waals surface area (Å²) in [6.07, 6.45) is 0. The van der Waals surface area contributed by atoms with Gasteiger partial charge in [-0.05, 0) is 24.6 Å². The third-order valence-corrected chi connectivity index (χ3v) is 3.67. The van der Waals surface area contributed by atoms with Gasteiger partial charge < -0.3 is 14.9 Å². The smallest absolute Gasteiger partial charge is 0.273 e. The Morgan fingerprint density at radius 3 is 2.64 bits per heavy atom. The topological polar surface area (TPSA) is 59.9 Å². The van der Waals surface area contributed by atoms with Crippen LogP contribution in [0.5, 0.6) is 5.75 Å². The maximum atomic E-state index is 13.2. The van der Waals surface area contributed by atoms with E-state index in [1.54, 1.807) is 0 Å². The zero-order chi connectivity index (χ0) is 18.2. The Bertz CT molecular complexity index is 753. The Hall–Kier alpha value is -2.60. The fourth-order valence-electron chi connectivity index (χ4n) is 2.07. The lowest BCUT2D eigenvalue weighted by Gasteiger charge is -2.15. The van der Waals surface area contributed by atoms with Gasteiger partial charge in [0.1, 0.15) is 25.3 Å². The summed E-state index contributed by atoms with van der Waals surface area (Å²) in [5.74, 6) is -0.653. The van der Waals surface area contributed by atoms with E-state index in [9.17, 15) is 9.18 Å². The van der Waals surface area contributed by atoms with E-state index < -0.39 is 11.7 Å². The third-order valence-electron chi connectivity index (χ3n) is 3.38. The average molecular weight is 365 g/mol. The van der Waals surface area contributed by atoms with Gasteiger partial charge in [-0.15, -0.1) is 0 Å². The molecule has 0 aromatic heterocycles. The van der Waals surface area contributed by atoms with Crippen LogP contribution in [0.15, 0.2) is 53.7 Å². The fourth-order valence-corrected chi connectivity index (χ4v) is 2.24. The zero-order valence-electron chi connectivity index (χ0n) is 13.8. The van der Waals surface area contributed by atoms with Gasteiger partial charge in [-0.3, -0.25) is 4.79 Å². The molecule has 0 heterocycles. The molecule has 1 N–H and O–H groups in total. The minimum atomic E-state index is -0.547. The van der Waals surface area contributed by atoms with Crippen molar-refractivity contribution in [2.24, 2.45) is 5.16 Å². The highest BCUT2D eigenvalue weighted by molar-refractivity contribution is 6.39. The molecule has 0 saturated carbocycles. The van der Waals surface area contributed by atoms with Gasteiger partial charge in [-0.1, -0.05) is 47.1 Å². The zero-order valence-corrected chi connectivity index (χ0v) is 14.6. The summed E-state index contributed by atoms with van der Waals surface area (Å²) in [5.41, 5.74) is 1.00. The maximum Gasteiger partial charge on any atom is 0.273 e. The molecule has 0 radical (unpaired) electrons. The van der Waals surface area contributed by atoms with Crippen LogP contribution in [-0.2, 0) is 9.63 Å². The molecule has 0 aliphatic carbocycles. The lowest BCUT2D eigenvalue weighted by Crippen LogP contribution is -2.36. The van der Waals surface area contributed by atoms with Crippen LogP contribution in [0, 0.1) is 5.82 Å². The number of hydrogen-bond donors (Lipinski definition) is 1. The van der Waals surface area contributed by atoms with Crippen LogP contribution in [0.1, 0.15) is 18.5 Å². The van der Waals surface area contributed by atoms with Crippen LogP contribution in [0.25, 0.3) is 0 Å². The molecule has 1 amide bonds. The summed E-state index contributed by atoms with van der Waals surface area (Å²) in [6.45, 7) is 1.71. The molecule has 2 rings (SSSR count). The normalized spacial score (nSPS) is 12.4. The van der Waals surface area contributed by atoms with Gasteiger partial charge in [0.25, 0.3) is 5.91 Å². The van der Waals surface area contributed by atoms with Crippen molar-refractivity contribution in [3.63, 3.8) is 0 Å². The van der Waals surface area contributed by atoms with Crippen LogP contribution in [0.4, 0.5) is 4.39 Å². The molecule has 2 aromatic carbocycles. The maximum absolute atomic E-state index is 13.2. The quantitative estimate of drug-likeness (QED) is 0.601. The van der Waals surface area contributed by atoms with Gasteiger partial charge in [0, 0.05) is 6.07 Å². The van der Waals surface area contributed by atoms with Gasteiger partial charge >= 0.3 is 0 Å². The van der Waals surface area contributed by atoms with E-state index in [0.29, 0.717) is 5.75 Å². The van der Waals surface area contributed by atoms with Gasteiger partial charge in [-0.25, -0.2) is 4.39 Å². The summed E-state index contributed by atoms with van der Waals surface area (Å²) >= 11 is 5.70. The highest BCUT2D eigenvalue weighted by Crippen LogP contribution is 2.21. The summed E-state index contributed by atoms with van der Waals surface area (Å²) in [7, 11) is 1.34. The molecule has 0 spiro atoms. The Kier molecular flexibility index (Phi) is 6.77. The monoisotopic (exact) mass is 364 g/mol. The molecule has 2 aromatic rings. The number of nitrogens with zero attached hydrogens (tertiary/aromatic N) is 1. The predicted octanol–water partition coefficient (Wildman–Crippen LogP) is 3.74. The molecule has 132 valence electrons. The van der Waals surface area contributed by atoms with Crippen LogP contribution >= 0.6 is 11.6 Å². The molecule has 0 aliphatic rings. The number of ether oxygens (including phenoxy) is 1. The van der Waals surface area contributed by atoms with Crippen molar-refractivity contribution in [3.8, 4) is 5.75 Å². The Morgan fingerprint density at radius 2 is 2.00 bits per heavy atom. The Morgan fingerprint density at radius 1 is 1.28 bits per heavy atom. The van der Waals surface area contributed by atoms with Crippen molar-refractivity contribution in [1.82, 2.24) is 5.32 Å². The van der Waals surface area contributed by atoms with E-state index in [1.165, 1.54) is 25.3 Å². The van der Waals surface area contributed by atoms with Crippen LogP contribution in [0.2, 0.25) is 5.02 Å². The first-order chi connectivity index (χ1) is 12.0. The number of nitrogens with one attached hydrogen (secondary N) is 1. The Labute approximate surface area is 150 Å². The van der Waals surface area contributed by atoms with Gasteiger partial charge in [0.05, 0.1) is 11.1 Å². The van der Waals surface area contributed by atoms with Crippen LogP contribution < -0.4 is 10.1 Å². The standard InChI is InChI=1S/C18H18ClFN2O3/c1-12(13-6-4-3-5-7-13)21-18(23)17(22-24-2)11-25-14-8-9-16(20)15(19)10-14/h3-10,12H,11H2,1-2H3,(H,21,23). The number of halogens is 2. The summed E-state index contributed by atoms with van der Waals surface area (Å²) < 4.78 is 18.6. The van der Waals surface area contributed by atoms with Gasteiger partial charge in [-0.2, -0.15) is 0 Å². The van der Waals surface area contributed by atoms with Crippen molar-refractivity contribution in [1.29, 1.82) is 0 Å². The van der Waals surface area contributed by atoms with E-state index in [-0.39, 0.29) is 23.4 Å². The van der Waals surface area contributed by atoms with E-state index in [0.717, 1.165) is 5.56 Å². The van der Waals surface area contributed by atoms with Gasteiger partial charge in [0.15, 0.2) is 5.71 Å². The molecule has 0 aliphatic heterocycles. The van der Waals surface area contributed by atoms with Crippen molar-refractivity contribution in [2.45, 2.75) is 13.0 Å². The minimum absolute atomic E-state index is 0.0470. The molecule has 25 heavy (non-hydrogen) atoms. The van der Waals surface area contributed by atoms with Gasteiger partial charge in [0.2, 0.25) is 0 Å². The first-order valence-electron chi connectivity index (χ1n) is 7.55. The van der Waals surface area contributed by atoms with Crippen molar-refractivity contribution in [3.05, 3.63) is 64.9 Å². The second kappa shape index (κ2) is 9.03. The van der Waals surface area contributed by atoms with E-state index >= 15 is 0 Å². The van der Waals surface area contributed by atoms with Crippen molar-refractivity contribution >= 4 is 23.2 Å². The van der Waals surface area contributed by atoms with Crippen molar-refractivity contribution < 1.29 is 18.8 Å². The molecule has 7 heteroatoms. The van der Waals surface area contributed by atoms with Crippen LogP contribution in [-0.4, -0.2) is 25.3 Å². The lowest BCUT2D eigenvalue weighted by atomic mass is 10.1. The SMILES string of the molecule is CON=C(COc1ccc(F)c(Cl)c1)C(=O)NC(C)c1ccccc1. The third kappa shape index (κ3) is 5.46. The number of carbonyl (C=O) groups excluding carboxylic acids is 1. The molecule has 1 unspecified atom stereocenters. The molecule has 0 fully saturated rings.